The number of amides is 1. The highest BCUT2D eigenvalue weighted by atomic mass is 16.5. The molecular formula is C20H25N5O2. The van der Waals surface area contributed by atoms with Crippen LogP contribution in [0.1, 0.15) is 12.8 Å². The van der Waals surface area contributed by atoms with Gasteiger partial charge in [-0.2, -0.15) is 0 Å². The molecule has 4 rings (SSSR count). The van der Waals surface area contributed by atoms with Crippen molar-refractivity contribution in [3.05, 3.63) is 42.5 Å². The molecule has 142 valence electrons. The minimum Gasteiger partial charge on any atom is -0.379 e. The van der Waals surface area contributed by atoms with Crippen LogP contribution in [-0.4, -0.2) is 60.5 Å². The maximum Gasteiger partial charge on any atom is 0.237 e. The lowest BCUT2D eigenvalue weighted by Gasteiger charge is -2.34. The number of aromatic nitrogens is 2. The summed E-state index contributed by atoms with van der Waals surface area (Å²) in [6.07, 6.45) is 1.66. The van der Waals surface area contributed by atoms with E-state index < -0.39 is 0 Å². The third kappa shape index (κ3) is 4.43. The Hall–Kier alpha value is -2.51. The third-order valence-corrected chi connectivity index (χ3v) is 5.19. The molecule has 0 atom stereocenters. The number of nitrogens with one attached hydrogen (secondary N) is 1. The molecule has 2 fully saturated rings. The molecule has 3 heterocycles. The van der Waals surface area contributed by atoms with E-state index in [9.17, 15) is 4.79 Å². The number of ether oxygens (including phenoxy) is 1. The van der Waals surface area contributed by atoms with E-state index in [-0.39, 0.29) is 11.8 Å². The predicted molar refractivity (Wildman–Crippen MR) is 103 cm³/mol. The second-order valence-corrected chi connectivity index (χ2v) is 6.98. The summed E-state index contributed by atoms with van der Waals surface area (Å²) in [6.45, 7) is 4.51. The molecule has 1 N–H and O–H groups in total. The predicted octanol–water partition coefficient (Wildman–Crippen LogP) is 1.72. The van der Waals surface area contributed by atoms with Gasteiger partial charge in [0, 0.05) is 37.7 Å². The molecule has 0 spiro atoms. The first kappa shape index (κ1) is 17.9. The van der Waals surface area contributed by atoms with Gasteiger partial charge >= 0.3 is 0 Å². The van der Waals surface area contributed by atoms with E-state index in [4.69, 9.17) is 4.74 Å². The number of piperidine rings is 1. The molecule has 0 unspecified atom stereocenters. The summed E-state index contributed by atoms with van der Waals surface area (Å²) >= 11 is 0. The molecule has 2 saturated heterocycles. The molecule has 1 amide bonds. The fourth-order valence-corrected chi connectivity index (χ4v) is 3.55. The van der Waals surface area contributed by atoms with E-state index in [0.29, 0.717) is 13.2 Å². The summed E-state index contributed by atoms with van der Waals surface area (Å²) in [5.74, 6) is 1.06. The Morgan fingerprint density at radius 3 is 2.37 bits per heavy atom. The maximum absolute atomic E-state index is 12.5. The van der Waals surface area contributed by atoms with Gasteiger partial charge in [-0.1, -0.05) is 30.3 Å². The van der Waals surface area contributed by atoms with Gasteiger partial charge in [0.15, 0.2) is 5.82 Å². The number of hydrazine groups is 1. The minimum atomic E-state index is 0.0562. The lowest BCUT2D eigenvalue weighted by Crippen LogP contribution is -2.51. The first-order valence-corrected chi connectivity index (χ1v) is 9.57. The van der Waals surface area contributed by atoms with Crippen LogP contribution in [0.5, 0.6) is 0 Å². The van der Waals surface area contributed by atoms with Crippen molar-refractivity contribution in [2.75, 3.05) is 44.3 Å². The van der Waals surface area contributed by atoms with Crippen LogP contribution >= 0.6 is 0 Å². The number of rotatable bonds is 4. The molecule has 2 aliphatic heterocycles. The average molecular weight is 367 g/mol. The molecule has 2 aliphatic rings. The zero-order valence-electron chi connectivity index (χ0n) is 15.4. The Morgan fingerprint density at radius 2 is 1.70 bits per heavy atom. The van der Waals surface area contributed by atoms with Gasteiger partial charge in [-0.15, -0.1) is 10.2 Å². The van der Waals surface area contributed by atoms with Gasteiger partial charge in [-0.25, -0.2) is 5.01 Å². The highest BCUT2D eigenvalue weighted by Gasteiger charge is 2.27. The lowest BCUT2D eigenvalue weighted by molar-refractivity contribution is -0.132. The van der Waals surface area contributed by atoms with Crippen molar-refractivity contribution in [2.24, 2.45) is 5.92 Å². The van der Waals surface area contributed by atoms with Gasteiger partial charge < -0.3 is 9.64 Å². The van der Waals surface area contributed by atoms with E-state index in [0.717, 1.165) is 56.1 Å². The van der Waals surface area contributed by atoms with E-state index in [2.05, 4.69) is 20.5 Å². The minimum absolute atomic E-state index is 0.0562. The van der Waals surface area contributed by atoms with Gasteiger partial charge in [0.05, 0.1) is 18.9 Å². The van der Waals surface area contributed by atoms with Gasteiger partial charge in [0.1, 0.15) is 0 Å². The number of carbonyl (C=O) groups is 1. The lowest BCUT2D eigenvalue weighted by atomic mass is 9.96. The Kier molecular flexibility index (Phi) is 5.60. The molecule has 27 heavy (non-hydrogen) atoms. The van der Waals surface area contributed by atoms with Crippen LogP contribution in [0.3, 0.4) is 0 Å². The number of benzene rings is 1. The molecular weight excluding hydrogens is 342 g/mol. The fourth-order valence-electron chi connectivity index (χ4n) is 3.55. The van der Waals surface area contributed by atoms with Gasteiger partial charge in [-0.05, 0) is 25.0 Å². The van der Waals surface area contributed by atoms with Crippen LogP contribution in [0.4, 0.5) is 5.82 Å². The highest BCUT2D eigenvalue weighted by molar-refractivity contribution is 5.78. The second kappa shape index (κ2) is 8.45. The highest BCUT2D eigenvalue weighted by Crippen LogP contribution is 2.23. The van der Waals surface area contributed by atoms with Crippen LogP contribution in [0.2, 0.25) is 0 Å². The fraction of sp³-hybridized carbons (Fsp3) is 0.450. The number of nitrogens with zero attached hydrogens (tertiary/aromatic N) is 4. The van der Waals surface area contributed by atoms with Crippen molar-refractivity contribution in [3.63, 3.8) is 0 Å². The topological polar surface area (TPSA) is 70.6 Å². The van der Waals surface area contributed by atoms with Crippen molar-refractivity contribution in [3.8, 4) is 11.3 Å². The van der Waals surface area contributed by atoms with E-state index in [1.807, 2.05) is 47.5 Å². The first-order chi connectivity index (χ1) is 13.3. The SMILES string of the molecule is O=C(NN1CCOCC1)C1CCN(c2ccc(-c3ccccc3)nn2)CC1. The van der Waals surface area contributed by atoms with E-state index >= 15 is 0 Å². The number of anilines is 1. The number of hydrogen-bond donors (Lipinski definition) is 1. The van der Waals surface area contributed by atoms with Crippen LogP contribution in [-0.2, 0) is 9.53 Å². The van der Waals surface area contributed by atoms with Crippen LogP contribution in [0.15, 0.2) is 42.5 Å². The van der Waals surface area contributed by atoms with Crippen LogP contribution < -0.4 is 10.3 Å². The zero-order valence-corrected chi connectivity index (χ0v) is 15.4. The summed E-state index contributed by atoms with van der Waals surface area (Å²) in [4.78, 5) is 14.7. The van der Waals surface area contributed by atoms with Crippen molar-refractivity contribution in [1.82, 2.24) is 20.6 Å². The Bertz CT molecular complexity index is 739. The van der Waals surface area contributed by atoms with Crippen molar-refractivity contribution < 1.29 is 9.53 Å². The average Bonchev–Trinajstić information content (AvgIpc) is 2.75. The molecule has 7 nitrogen and oxygen atoms in total. The van der Waals surface area contributed by atoms with E-state index in [1.165, 1.54) is 0 Å². The normalized spacial score (nSPS) is 19.0. The van der Waals surface area contributed by atoms with Crippen LogP contribution in [0, 0.1) is 5.92 Å². The molecule has 7 heteroatoms. The van der Waals surface area contributed by atoms with Gasteiger partial charge in [0.2, 0.25) is 5.91 Å². The summed E-state index contributed by atoms with van der Waals surface area (Å²) in [5, 5.41) is 10.7. The summed E-state index contributed by atoms with van der Waals surface area (Å²) in [6, 6.07) is 14.1. The van der Waals surface area contributed by atoms with Crippen LogP contribution in [0.25, 0.3) is 11.3 Å². The van der Waals surface area contributed by atoms with E-state index in [1.54, 1.807) is 0 Å². The zero-order chi connectivity index (χ0) is 18.5. The maximum atomic E-state index is 12.5. The molecule has 1 aromatic heterocycles. The largest absolute Gasteiger partial charge is 0.379 e. The molecule has 1 aromatic carbocycles. The smallest absolute Gasteiger partial charge is 0.237 e. The Morgan fingerprint density at radius 1 is 0.963 bits per heavy atom. The Labute approximate surface area is 159 Å². The van der Waals surface area contributed by atoms with Crippen molar-refractivity contribution in [2.45, 2.75) is 12.8 Å². The Balaban J connectivity index is 1.30. The van der Waals surface area contributed by atoms with Gasteiger partial charge in [-0.3, -0.25) is 10.2 Å². The van der Waals surface area contributed by atoms with Crippen molar-refractivity contribution >= 4 is 11.7 Å². The van der Waals surface area contributed by atoms with Crippen molar-refractivity contribution in [1.29, 1.82) is 0 Å². The number of carbonyl (C=O) groups excluding carboxylic acids is 1. The molecule has 0 saturated carbocycles. The monoisotopic (exact) mass is 367 g/mol. The molecule has 2 aromatic rings. The molecule has 0 bridgehead atoms. The summed E-state index contributed by atoms with van der Waals surface area (Å²) in [5.41, 5.74) is 4.98. The summed E-state index contributed by atoms with van der Waals surface area (Å²) < 4.78 is 5.31. The third-order valence-electron chi connectivity index (χ3n) is 5.19. The number of hydrogen-bond acceptors (Lipinski definition) is 6. The van der Waals surface area contributed by atoms with Gasteiger partial charge in [0.25, 0.3) is 0 Å². The standard InChI is InChI=1S/C20H25N5O2/c26-20(23-25-12-14-27-15-13-25)17-8-10-24(11-9-17)19-7-6-18(21-22-19)16-4-2-1-3-5-16/h1-7,17H,8-15H2,(H,23,26). The quantitative estimate of drug-likeness (QED) is 0.887. The summed E-state index contributed by atoms with van der Waals surface area (Å²) in [7, 11) is 0. The second-order valence-electron chi connectivity index (χ2n) is 6.98. The first-order valence-electron chi connectivity index (χ1n) is 9.57. The molecule has 0 radical (unpaired) electrons. The molecule has 0 aliphatic carbocycles. The number of morpholine rings is 1.